The quantitative estimate of drug-likeness (QED) is 0.598. The number of carbonyl (C=O) groups excluding carboxylic acids is 1. The van der Waals surface area contributed by atoms with Gasteiger partial charge >= 0.3 is 5.97 Å². The Bertz CT molecular complexity index is 978. The van der Waals surface area contributed by atoms with Gasteiger partial charge in [-0.2, -0.15) is 0 Å². The van der Waals surface area contributed by atoms with Gasteiger partial charge in [-0.1, -0.05) is 6.07 Å². The van der Waals surface area contributed by atoms with Crippen molar-refractivity contribution in [3.05, 3.63) is 60.4 Å². The lowest BCUT2D eigenvalue weighted by Gasteiger charge is -2.12. The highest BCUT2D eigenvalue weighted by molar-refractivity contribution is 5.90. The molecule has 0 saturated heterocycles. The molecule has 0 atom stereocenters. The summed E-state index contributed by atoms with van der Waals surface area (Å²) in [6.07, 6.45) is 1.44. The van der Waals surface area contributed by atoms with Gasteiger partial charge in [0.25, 0.3) is 0 Å². The smallest absolute Gasteiger partial charge is 0.337 e. The Morgan fingerprint density at radius 1 is 0.821 bits per heavy atom. The standard InChI is InChI=1S/C20H20N4O4/c1-26-16-8-7-15(10-17(16)27-2)24-19-11-18(21-12-22-19)23-14-6-4-5-13(9-14)20(25)28-3/h4-12H,1-3H3,(H2,21,22,23,24). The second kappa shape index (κ2) is 8.72. The van der Waals surface area contributed by atoms with Crippen LogP contribution in [0.5, 0.6) is 11.5 Å². The van der Waals surface area contributed by atoms with Gasteiger partial charge in [0.1, 0.15) is 18.0 Å². The van der Waals surface area contributed by atoms with E-state index in [1.807, 2.05) is 18.2 Å². The predicted molar refractivity (Wildman–Crippen MR) is 106 cm³/mol. The number of rotatable bonds is 7. The Hall–Kier alpha value is -3.81. The van der Waals surface area contributed by atoms with Crippen LogP contribution in [0.15, 0.2) is 54.9 Å². The molecule has 8 nitrogen and oxygen atoms in total. The van der Waals surface area contributed by atoms with Crippen LogP contribution in [0.4, 0.5) is 23.0 Å². The molecule has 2 N–H and O–H groups in total. The first-order valence-corrected chi connectivity index (χ1v) is 8.39. The van der Waals surface area contributed by atoms with Crippen molar-refractivity contribution >= 4 is 29.0 Å². The zero-order chi connectivity index (χ0) is 19.9. The second-order valence-electron chi connectivity index (χ2n) is 5.68. The van der Waals surface area contributed by atoms with Crippen LogP contribution in [0.25, 0.3) is 0 Å². The average Bonchev–Trinajstić information content (AvgIpc) is 2.73. The van der Waals surface area contributed by atoms with Crippen LogP contribution in [0, 0.1) is 0 Å². The minimum absolute atomic E-state index is 0.401. The number of esters is 1. The molecule has 28 heavy (non-hydrogen) atoms. The molecule has 0 spiro atoms. The lowest BCUT2D eigenvalue weighted by Crippen LogP contribution is -2.02. The highest BCUT2D eigenvalue weighted by Gasteiger charge is 2.08. The van der Waals surface area contributed by atoms with Crippen LogP contribution in [-0.2, 0) is 4.74 Å². The number of nitrogens with one attached hydrogen (secondary N) is 2. The molecule has 0 fully saturated rings. The summed E-state index contributed by atoms with van der Waals surface area (Å²) in [5.41, 5.74) is 1.94. The molecule has 144 valence electrons. The fraction of sp³-hybridized carbons (Fsp3) is 0.150. The van der Waals surface area contributed by atoms with Crippen LogP contribution in [0.2, 0.25) is 0 Å². The summed E-state index contributed by atoms with van der Waals surface area (Å²) in [7, 11) is 4.51. The maximum atomic E-state index is 11.7. The van der Waals surface area contributed by atoms with Crippen LogP contribution < -0.4 is 20.1 Å². The Morgan fingerprint density at radius 3 is 2.14 bits per heavy atom. The van der Waals surface area contributed by atoms with Crippen molar-refractivity contribution in [3.63, 3.8) is 0 Å². The van der Waals surface area contributed by atoms with Gasteiger partial charge in [0, 0.05) is 23.5 Å². The number of methoxy groups -OCH3 is 3. The van der Waals surface area contributed by atoms with Crippen molar-refractivity contribution in [1.82, 2.24) is 9.97 Å². The van der Waals surface area contributed by atoms with Crippen molar-refractivity contribution in [2.24, 2.45) is 0 Å². The Balaban J connectivity index is 1.77. The fourth-order valence-electron chi connectivity index (χ4n) is 2.55. The fourth-order valence-corrected chi connectivity index (χ4v) is 2.55. The van der Waals surface area contributed by atoms with Crippen LogP contribution >= 0.6 is 0 Å². The van der Waals surface area contributed by atoms with E-state index in [1.54, 1.807) is 44.6 Å². The lowest BCUT2D eigenvalue weighted by molar-refractivity contribution is 0.0601. The summed E-state index contributed by atoms with van der Waals surface area (Å²) in [5, 5.41) is 6.34. The zero-order valence-electron chi connectivity index (χ0n) is 15.7. The average molecular weight is 380 g/mol. The molecule has 0 aliphatic heterocycles. The molecule has 0 saturated carbocycles. The molecule has 0 radical (unpaired) electrons. The van der Waals surface area contributed by atoms with Gasteiger partial charge < -0.3 is 24.8 Å². The molecule has 3 rings (SSSR count). The number of anilines is 4. The Labute approximate surface area is 162 Å². The topological polar surface area (TPSA) is 94.6 Å². The third kappa shape index (κ3) is 4.47. The van der Waals surface area contributed by atoms with Gasteiger partial charge in [0.2, 0.25) is 0 Å². The lowest BCUT2D eigenvalue weighted by atomic mass is 10.2. The summed E-state index contributed by atoms with van der Waals surface area (Å²) >= 11 is 0. The highest BCUT2D eigenvalue weighted by atomic mass is 16.5. The minimum Gasteiger partial charge on any atom is -0.493 e. The molecule has 0 aliphatic carbocycles. The van der Waals surface area contributed by atoms with Crippen molar-refractivity contribution < 1.29 is 19.0 Å². The molecule has 0 bridgehead atoms. The summed E-state index contributed by atoms with van der Waals surface area (Å²) in [5.74, 6) is 2.01. The van der Waals surface area contributed by atoms with Crippen LogP contribution in [0.3, 0.4) is 0 Å². The number of aromatic nitrogens is 2. The molecule has 1 heterocycles. The molecule has 0 unspecified atom stereocenters. The summed E-state index contributed by atoms with van der Waals surface area (Å²) in [6.45, 7) is 0. The van der Waals surface area contributed by atoms with Gasteiger partial charge in [-0.3, -0.25) is 0 Å². The largest absolute Gasteiger partial charge is 0.493 e. The first-order chi connectivity index (χ1) is 13.6. The van der Waals surface area contributed by atoms with Crippen LogP contribution in [-0.4, -0.2) is 37.3 Å². The maximum absolute atomic E-state index is 11.7. The Morgan fingerprint density at radius 2 is 1.50 bits per heavy atom. The first-order valence-electron chi connectivity index (χ1n) is 8.39. The number of hydrogen-bond acceptors (Lipinski definition) is 8. The van der Waals surface area contributed by atoms with Crippen LogP contribution in [0.1, 0.15) is 10.4 Å². The monoisotopic (exact) mass is 380 g/mol. The maximum Gasteiger partial charge on any atom is 0.337 e. The number of ether oxygens (including phenoxy) is 3. The third-order valence-corrected chi connectivity index (χ3v) is 3.88. The van der Waals surface area contributed by atoms with Crippen molar-refractivity contribution in [2.45, 2.75) is 0 Å². The van der Waals surface area contributed by atoms with Crippen molar-refractivity contribution in [2.75, 3.05) is 32.0 Å². The van der Waals surface area contributed by atoms with E-state index in [1.165, 1.54) is 13.4 Å². The predicted octanol–water partition coefficient (Wildman–Crippen LogP) is 3.77. The Kier molecular flexibility index (Phi) is 5.91. The van der Waals surface area contributed by atoms with E-state index < -0.39 is 5.97 Å². The number of hydrogen-bond donors (Lipinski definition) is 2. The van der Waals surface area contributed by atoms with Crippen molar-refractivity contribution in [3.8, 4) is 11.5 Å². The van der Waals surface area contributed by atoms with E-state index in [0.717, 1.165) is 5.69 Å². The number of nitrogens with zero attached hydrogens (tertiary/aromatic N) is 2. The normalized spacial score (nSPS) is 10.1. The number of benzene rings is 2. The van der Waals surface area contributed by atoms with E-state index in [-0.39, 0.29) is 0 Å². The molecular weight excluding hydrogens is 360 g/mol. The van der Waals surface area contributed by atoms with E-state index in [9.17, 15) is 4.79 Å². The van der Waals surface area contributed by atoms with E-state index in [0.29, 0.717) is 34.4 Å². The molecule has 8 heteroatoms. The minimum atomic E-state index is -0.401. The van der Waals surface area contributed by atoms with E-state index in [2.05, 4.69) is 20.6 Å². The van der Waals surface area contributed by atoms with E-state index >= 15 is 0 Å². The molecule has 1 aromatic heterocycles. The molecule has 0 aliphatic rings. The highest BCUT2D eigenvalue weighted by Crippen LogP contribution is 2.31. The summed E-state index contributed by atoms with van der Waals surface area (Å²) in [4.78, 5) is 20.1. The van der Waals surface area contributed by atoms with E-state index in [4.69, 9.17) is 14.2 Å². The molecule has 3 aromatic rings. The molecule has 0 amide bonds. The summed E-state index contributed by atoms with van der Waals surface area (Å²) < 4.78 is 15.3. The van der Waals surface area contributed by atoms with Gasteiger partial charge in [-0.05, 0) is 30.3 Å². The van der Waals surface area contributed by atoms with Gasteiger partial charge in [-0.25, -0.2) is 14.8 Å². The van der Waals surface area contributed by atoms with Gasteiger partial charge in [0.15, 0.2) is 11.5 Å². The van der Waals surface area contributed by atoms with Gasteiger partial charge in [-0.15, -0.1) is 0 Å². The summed E-state index contributed by atoms with van der Waals surface area (Å²) in [6, 6.07) is 14.2. The SMILES string of the molecule is COC(=O)c1cccc(Nc2cc(Nc3ccc(OC)c(OC)c3)ncn2)c1. The molecule has 2 aromatic carbocycles. The molecular formula is C20H20N4O4. The second-order valence-corrected chi connectivity index (χ2v) is 5.68. The third-order valence-electron chi connectivity index (χ3n) is 3.88. The zero-order valence-corrected chi connectivity index (χ0v) is 15.7. The van der Waals surface area contributed by atoms with Crippen molar-refractivity contribution in [1.29, 1.82) is 0 Å². The number of carbonyl (C=O) groups is 1. The van der Waals surface area contributed by atoms with Gasteiger partial charge in [0.05, 0.1) is 26.9 Å². The first kappa shape index (κ1) is 19.0.